The molecule has 1 aliphatic rings. The lowest BCUT2D eigenvalue weighted by atomic mass is 9.82. The number of benzene rings is 5. The molecule has 0 N–H and O–H groups in total. The highest BCUT2D eigenvalue weighted by Crippen LogP contribution is 2.50. The van der Waals surface area contributed by atoms with Crippen LogP contribution in [0.1, 0.15) is 25.0 Å². The van der Waals surface area contributed by atoms with Gasteiger partial charge < -0.3 is 4.42 Å². The summed E-state index contributed by atoms with van der Waals surface area (Å²) in [6, 6.07) is 35.6. The first kappa shape index (κ1) is 19.4. The molecule has 0 unspecified atom stereocenters. The Kier molecular flexibility index (Phi) is 3.67. The van der Waals surface area contributed by atoms with Crippen LogP contribution in [0.3, 0.4) is 0 Å². The van der Waals surface area contributed by atoms with E-state index in [2.05, 4.69) is 111 Å². The first-order chi connectivity index (χ1) is 17.1. The van der Waals surface area contributed by atoms with E-state index in [-0.39, 0.29) is 5.41 Å². The molecule has 35 heavy (non-hydrogen) atoms. The zero-order valence-corrected chi connectivity index (χ0v) is 20.4. The molecule has 2 heteroatoms. The third-order valence-corrected chi connectivity index (χ3v) is 9.02. The molecule has 166 valence electrons. The van der Waals surface area contributed by atoms with Crippen LogP contribution < -0.4 is 0 Å². The van der Waals surface area contributed by atoms with E-state index in [1.165, 1.54) is 64.3 Å². The highest BCUT2D eigenvalue weighted by molar-refractivity contribution is 7.25. The Labute approximate surface area is 207 Å². The van der Waals surface area contributed by atoms with Gasteiger partial charge in [-0.2, -0.15) is 0 Å². The van der Waals surface area contributed by atoms with Crippen LogP contribution in [0.15, 0.2) is 101 Å². The lowest BCUT2D eigenvalue weighted by molar-refractivity contribution is 0.647. The van der Waals surface area contributed by atoms with E-state index in [9.17, 15) is 0 Å². The minimum Gasteiger partial charge on any atom is -0.456 e. The van der Waals surface area contributed by atoms with Crippen molar-refractivity contribution in [1.82, 2.24) is 0 Å². The normalized spacial score (nSPS) is 14.2. The molecular formula is C33H22OS. The summed E-state index contributed by atoms with van der Waals surface area (Å²) in [4.78, 5) is 0. The minimum absolute atomic E-state index is 0.0239. The fourth-order valence-electron chi connectivity index (χ4n) is 6.06. The van der Waals surface area contributed by atoms with Crippen molar-refractivity contribution >= 4 is 53.4 Å². The molecule has 0 saturated heterocycles. The number of furan rings is 1. The molecule has 0 amide bonds. The van der Waals surface area contributed by atoms with E-state index in [0.29, 0.717) is 0 Å². The predicted octanol–water partition coefficient (Wildman–Crippen LogP) is 9.93. The fraction of sp³-hybridized carbons (Fsp3) is 0.0909. The maximum atomic E-state index is 6.37. The molecule has 8 rings (SSSR count). The van der Waals surface area contributed by atoms with Gasteiger partial charge in [0, 0.05) is 36.4 Å². The third kappa shape index (κ3) is 2.58. The number of thiophene rings is 1. The quantitative estimate of drug-likeness (QED) is 0.235. The molecule has 0 fully saturated rings. The highest BCUT2D eigenvalue weighted by atomic mass is 32.1. The van der Waals surface area contributed by atoms with Crippen LogP contribution >= 0.6 is 11.3 Å². The Balaban J connectivity index is 1.34. The van der Waals surface area contributed by atoms with Crippen molar-refractivity contribution in [2.24, 2.45) is 0 Å². The van der Waals surface area contributed by atoms with Crippen LogP contribution in [0.25, 0.3) is 64.4 Å². The average molecular weight is 467 g/mol. The number of hydrogen-bond donors (Lipinski definition) is 0. The van der Waals surface area contributed by atoms with E-state index in [0.717, 1.165) is 11.2 Å². The largest absolute Gasteiger partial charge is 0.456 e. The van der Waals surface area contributed by atoms with E-state index >= 15 is 0 Å². The summed E-state index contributed by atoms with van der Waals surface area (Å²) >= 11 is 1.87. The van der Waals surface area contributed by atoms with Crippen molar-refractivity contribution in [3.63, 3.8) is 0 Å². The second-order valence-electron chi connectivity index (χ2n) is 10.2. The van der Waals surface area contributed by atoms with Crippen LogP contribution in [0.5, 0.6) is 0 Å². The summed E-state index contributed by atoms with van der Waals surface area (Å²) in [5, 5.41) is 5.04. The van der Waals surface area contributed by atoms with Crippen LogP contribution in [0.4, 0.5) is 0 Å². The van der Waals surface area contributed by atoms with E-state index in [1.54, 1.807) is 0 Å². The van der Waals surface area contributed by atoms with E-state index in [4.69, 9.17) is 4.42 Å². The van der Waals surface area contributed by atoms with Gasteiger partial charge in [-0.05, 0) is 69.8 Å². The maximum Gasteiger partial charge on any atom is 0.135 e. The van der Waals surface area contributed by atoms with Crippen molar-refractivity contribution in [3.05, 3.63) is 108 Å². The van der Waals surface area contributed by atoms with Gasteiger partial charge in [0.1, 0.15) is 11.2 Å². The van der Waals surface area contributed by atoms with E-state index in [1.807, 2.05) is 11.3 Å². The van der Waals surface area contributed by atoms with Crippen molar-refractivity contribution in [3.8, 4) is 22.3 Å². The fourth-order valence-corrected chi connectivity index (χ4v) is 7.20. The molecule has 0 bridgehead atoms. The summed E-state index contributed by atoms with van der Waals surface area (Å²) in [5.41, 5.74) is 9.77. The number of rotatable bonds is 1. The number of fused-ring (bicyclic) bond motifs is 9. The van der Waals surface area contributed by atoms with Crippen molar-refractivity contribution in [2.75, 3.05) is 0 Å². The Morgan fingerprint density at radius 1 is 0.543 bits per heavy atom. The molecule has 0 aliphatic heterocycles. The zero-order valence-electron chi connectivity index (χ0n) is 19.6. The molecule has 7 aromatic rings. The molecule has 1 nitrogen and oxygen atoms in total. The van der Waals surface area contributed by atoms with Crippen LogP contribution in [-0.4, -0.2) is 0 Å². The molecule has 5 aromatic carbocycles. The van der Waals surface area contributed by atoms with Crippen molar-refractivity contribution in [2.45, 2.75) is 19.3 Å². The van der Waals surface area contributed by atoms with Gasteiger partial charge in [-0.1, -0.05) is 74.5 Å². The van der Waals surface area contributed by atoms with Gasteiger partial charge in [0.25, 0.3) is 0 Å². The Morgan fingerprint density at radius 2 is 1.29 bits per heavy atom. The molecule has 0 radical (unpaired) electrons. The maximum absolute atomic E-state index is 6.37. The van der Waals surface area contributed by atoms with Gasteiger partial charge in [-0.3, -0.25) is 0 Å². The van der Waals surface area contributed by atoms with Crippen LogP contribution in [-0.2, 0) is 5.41 Å². The summed E-state index contributed by atoms with van der Waals surface area (Å²) in [7, 11) is 0. The lowest BCUT2D eigenvalue weighted by Crippen LogP contribution is -2.14. The standard InChI is InChI=1S/C33H22OS/c1-33(2)27-9-5-3-7-21(27)24-17-26-25-15-19(12-14-29(25)34-30(26)18-28(24)33)20-11-13-23-22-8-4-6-10-31(22)35-32(23)16-20/h3-18H,1-2H3. The monoisotopic (exact) mass is 466 g/mol. The third-order valence-electron chi connectivity index (χ3n) is 7.89. The molecule has 0 spiro atoms. The Bertz CT molecular complexity index is 1980. The van der Waals surface area contributed by atoms with Gasteiger partial charge in [-0.25, -0.2) is 0 Å². The van der Waals surface area contributed by atoms with Crippen molar-refractivity contribution < 1.29 is 4.42 Å². The molecular weight excluding hydrogens is 444 g/mol. The molecule has 2 heterocycles. The first-order valence-corrected chi connectivity index (χ1v) is 12.9. The zero-order chi connectivity index (χ0) is 23.3. The summed E-state index contributed by atoms with van der Waals surface area (Å²) in [6.45, 7) is 4.63. The van der Waals surface area contributed by atoms with Crippen LogP contribution in [0.2, 0.25) is 0 Å². The highest BCUT2D eigenvalue weighted by Gasteiger charge is 2.35. The number of hydrogen-bond acceptors (Lipinski definition) is 2. The van der Waals surface area contributed by atoms with Gasteiger partial charge >= 0.3 is 0 Å². The van der Waals surface area contributed by atoms with Gasteiger partial charge in [0.05, 0.1) is 0 Å². The van der Waals surface area contributed by atoms with Gasteiger partial charge in [0.2, 0.25) is 0 Å². The SMILES string of the molecule is CC1(C)c2ccccc2-c2cc3c(cc21)oc1ccc(-c2ccc4c(c2)sc2ccccc24)cc13. The van der Waals surface area contributed by atoms with Gasteiger partial charge in [0.15, 0.2) is 0 Å². The first-order valence-electron chi connectivity index (χ1n) is 12.1. The Morgan fingerprint density at radius 3 is 2.23 bits per heavy atom. The molecule has 1 aliphatic carbocycles. The lowest BCUT2D eigenvalue weighted by Gasteiger charge is -2.21. The molecule has 0 saturated carbocycles. The predicted molar refractivity (Wildman–Crippen MR) is 150 cm³/mol. The summed E-state index contributed by atoms with van der Waals surface area (Å²) < 4.78 is 9.04. The second kappa shape index (κ2) is 6.62. The minimum atomic E-state index is -0.0239. The van der Waals surface area contributed by atoms with Crippen LogP contribution in [0, 0.1) is 0 Å². The summed E-state index contributed by atoms with van der Waals surface area (Å²) in [6.07, 6.45) is 0. The van der Waals surface area contributed by atoms with Crippen molar-refractivity contribution in [1.29, 1.82) is 0 Å². The van der Waals surface area contributed by atoms with E-state index < -0.39 is 0 Å². The topological polar surface area (TPSA) is 13.1 Å². The van der Waals surface area contributed by atoms with Gasteiger partial charge in [-0.15, -0.1) is 11.3 Å². The molecule has 2 aromatic heterocycles. The average Bonchev–Trinajstić information content (AvgIpc) is 3.50. The second-order valence-corrected chi connectivity index (χ2v) is 11.3. The summed E-state index contributed by atoms with van der Waals surface area (Å²) in [5.74, 6) is 0. The smallest absolute Gasteiger partial charge is 0.135 e. The molecule has 0 atom stereocenters. The Hall–Kier alpha value is -3.88.